The predicted molar refractivity (Wildman–Crippen MR) is 326 cm³/mol. The van der Waals surface area contributed by atoms with Gasteiger partial charge in [0.2, 0.25) is 11.8 Å². The second-order valence-corrected chi connectivity index (χ2v) is 25.2. The third kappa shape index (κ3) is 13.2. The molecule has 2 amide bonds. The second kappa shape index (κ2) is 26.3. The van der Waals surface area contributed by atoms with E-state index in [1.165, 1.54) is 39.9 Å². The number of aryl methyl sites for hydroxylation is 2. The fraction of sp³-hybridized carbons (Fsp3) is 0.464. The largest absolute Gasteiger partial charge is 0.493 e. The molecule has 2 spiro atoms. The number of nitrogens with one attached hydrogen (secondary N) is 3. The smallest absolute Gasteiger partial charge is 0.270 e. The number of benzene rings is 2. The van der Waals surface area contributed by atoms with Gasteiger partial charge < -0.3 is 63.5 Å². The number of carbonyl (C=O) groups excluding carboxylic acids is 2. The molecule has 4 aromatic heterocycles. The van der Waals surface area contributed by atoms with Crippen LogP contribution in [0.2, 0.25) is 15.2 Å². The van der Waals surface area contributed by atoms with Crippen LogP contribution in [0, 0.1) is 10.8 Å². The van der Waals surface area contributed by atoms with Crippen molar-refractivity contribution in [3.8, 4) is 11.8 Å². The summed E-state index contributed by atoms with van der Waals surface area (Å²) in [6.45, 7) is 10.4. The summed E-state index contributed by atoms with van der Waals surface area (Å²) >= 11 is 21.2. The van der Waals surface area contributed by atoms with Gasteiger partial charge in [0.25, 0.3) is 22.9 Å². The first-order chi connectivity index (χ1) is 40.8. The molecule has 0 aliphatic carbocycles. The van der Waals surface area contributed by atoms with Crippen molar-refractivity contribution in [3.63, 3.8) is 0 Å². The van der Waals surface area contributed by atoms with E-state index >= 15 is 0 Å². The van der Waals surface area contributed by atoms with Gasteiger partial charge >= 0.3 is 0 Å². The minimum absolute atomic E-state index is 0.00508. The molecule has 6 aliphatic heterocycles. The molecule has 0 unspecified atom stereocenters. The minimum atomic E-state index is -0.800. The quantitative estimate of drug-likeness (QED) is 0.0744. The summed E-state index contributed by atoms with van der Waals surface area (Å²) in [4.78, 5) is 80.2. The first-order valence-electron chi connectivity index (χ1n) is 28.1. The summed E-state index contributed by atoms with van der Waals surface area (Å²) in [5, 5.41) is 30.6. The number of carbonyl (C=O) groups is 2. The number of nitrogen functional groups attached to an aromatic ring is 2. The molecule has 0 saturated carbocycles. The summed E-state index contributed by atoms with van der Waals surface area (Å²) in [5.41, 5.74) is 23.6. The van der Waals surface area contributed by atoms with E-state index in [2.05, 4.69) is 57.7 Å². The number of fused-ring (bicyclic) bond motifs is 2. The van der Waals surface area contributed by atoms with Crippen LogP contribution in [0.15, 0.2) is 78.2 Å². The summed E-state index contributed by atoms with van der Waals surface area (Å²) in [5.74, 6) is -0.723. The number of hydrogen-bond acceptors (Lipinski definition) is 22. The normalized spacial score (nSPS) is 21.0. The lowest BCUT2D eigenvalue weighted by Gasteiger charge is -2.41. The van der Waals surface area contributed by atoms with Crippen molar-refractivity contribution in [2.24, 2.45) is 22.3 Å². The lowest BCUT2D eigenvalue weighted by molar-refractivity contribution is 0.0951. The Kier molecular flexibility index (Phi) is 19.1. The lowest BCUT2D eigenvalue weighted by atomic mass is 9.73. The van der Waals surface area contributed by atoms with Crippen LogP contribution >= 0.6 is 58.3 Å². The SMILES string of the molecule is C[C@@H]1OCC2(CCN(c3cnc(Sc4cccc(NC(=O)c5c(O)nc6n(c5=O)CCCC6)c4Cl)c(N)n3)CC2)[C@@H]1N.C[C@@H]1OCC2(CCNCC2)[C@@H]1N.Nc1nc(Cl)cnc1Sc1cccc(NC(=O)c2c(O)nc3n(c2=O)CCCC3)c1Cl. The number of halogens is 3. The summed E-state index contributed by atoms with van der Waals surface area (Å²) in [6.07, 6.45) is 12.1. The van der Waals surface area contributed by atoms with E-state index in [9.17, 15) is 29.4 Å². The van der Waals surface area contributed by atoms with Crippen LogP contribution in [0.4, 0.5) is 28.8 Å². The Hall–Kier alpha value is -6.33. The van der Waals surface area contributed by atoms with E-state index in [1.54, 1.807) is 42.6 Å². The second-order valence-electron chi connectivity index (χ2n) is 22.0. The number of anilines is 5. The fourth-order valence-electron chi connectivity index (χ4n) is 11.6. The van der Waals surface area contributed by atoms with Gasteiger partial charge in [0.1, 0.15) is 32.7 Å². The minimum Gasteiger partial charge on any atom is -0.493 e. The van der Waals surface area contributed by atoms with Gasteiger partial charge in [-0.05, 0) is 103 Å². The third-order valence-corrected chi connectivity index (χ3v) is 20.0. The Morgan fingerprint density at radius 2 is 1.12 bits per heavy atom. The van der Waals surface area contributed by atoms with E-state index in [1.807, 2.05) is 6.92 Å². The topological polar surface area (TPSA) is 358 Å². The Morgan fingerprint density at radius 3 is 1.56 bits per heavy atom. The number of nitrogens with zero attached hydrogens (tertiary/aromatic N) is 9. The van der Waals surface area contributed by atoms with Crippen molar-refractivity contribution < 1.29 is 29.3 Å². The number of ether oxygens (including phenoxy) is 2. The molecule has 24 nitrogen and oxygen atoms in total. The van der Waals surface area contributed by atoms with Crippen LogP contribution < -0.4 is 54.9 Å². The number of amides is 2. The summed E-state index contributed by atoms with van der Waals surface area (Å²) in [6, 6.07) is 10.3. The van der Waals surface area contributed by atoms with Gasteiger partial charge in [0.05, 0.1) is 59.2 Å². The number of aromatic nitrogens is 8. The number of nitrogens with two attached hydrogens (primary N) is 4. The molecular formula is C56H67Cl3N16O8S2. The van der Waals surface area contributed by atoms with E-state index in [0.717, 1.165) is 83.1 Å². The van der Waals surface area contributed by atoms with Crippen molar-refractivity contribution in [3.05, 3.63) is 107 Å². The van der Waals surface area contributed by atoms with Crippen LogP contribution in [0.1, 0.15) is 97.6 Å². The summed E-state index contributed by atoms with van der Waals surface area (Å²) < 4.78 is 14.3. The molecule has 452 valence electrons. The maximum atomic E-state index is 13.1. The summed E-state index contributed by atoms with van der Waals surface area (Å²) in [7, 11) is 0. The van der Waals surface area contributed by atoms with Gasteiger partial charge in [0, 0.05) is 71.7 Å². The number of hydrogen-bond donors (Lipinski definition) is 9. The number of rotatable bonds is 9. The Morgan fingerprint density at radius 1 is 0.659 bits per heavy atom. The van der Waals surface area contributed by atoms with Crippen molar-refractivity contribution in [2.75, 3.05) is 66.4 Å². The fourth-order valence-corrected chi connectivity index (χ4v) is 13.9. The molecular weight excluding hydrogens is 1200 g/mol. The molecule has 85 heavy (non-hydrogen) atoms. The van der Waals surface area contributed by atoms with Gasteiger partial charge in [0.15, 0.2) is 22.8 Å². The predicted octanol–water partition coefficient (Wildman–Crippen LogP) is 6.52. The standard InChI is InChI=1S/C28H33ClN8O4S.C19H16Cl2N6O3S.C9H18N2O/c1-15-22(30)28(14-41-15)8-11-36(12-9-28)19-13-32-26(23(31)34-19)42-17-6-4-5-16(21(17)29)33-24(38)20-25(39)35-18-7-2-3-10-37(18)27(20)40;20-11-8-23-18(15(22)25-11)31-10-5-3-4-9(14(10)21)24-16(28)13-17(29)26-12-6-1-2-7-27(12)19(13)30;1-7-8(10)9(6-12-7)2-4-11-5-3-9/h4-6,13,15,22,39H,2-3,7-12,14,30H2,1H3,(H2,31,34)(H,33,38);3-5,8,29H,1-2,6-7H2,(H2,22,25)(H,24,28);7-8,11H,2-6,10H2,1H3/t15-,22+;;7-,8+/m0.0/s1. The van der Waals surface area contributed by atoms with Crippen molar-refractivity contribution in [1.29, 1.82) is 0 Å². The maximum Gasteiger partial charge on any atom is 0.270 e. The van der Waals surface area contributed by atoms with E-state index in [4.69, 9.17) is 67.2 Å². The molecule has 2 aromatic carbocycles. The first kappa shape index (κ1) is 61.7. The van der Waals surface area contributed by atoms with Gasteiger partial charge in [-0.1, -0.05) is 70.5 Å². The number of piperidine rings is 2. The zero-order valence-corrected chi connectivity index (χ0v) is 50.7. The van der Waals surface area contributed by atoms with E-state index in [0.29, 0.717) is 75.3 Å². The van der Waals surface area contributed by atoms with Crippen LogP contribution in [-0.2, 0) is 35.4 Å². The Bertz CT molecular complexity index is 3620. The highest BCUT2D eigenvalue weighted by molar-refractivity contribution is 7.99. The van der Waals surface area contributed by atoms with E-state index < -0.39 is 45.8 Å². The molecule has 10 heterocycles. The zero-order valence-electron chi connectivity index (χ0n) is 46.8. The van der Waals surface area contributed by atoms with Gasteiger partial charge in [-0.2, -0.15) is 9.97 Å². The zero-order chi connectivity index (χ0) is 60.3. The molecule has 0 bridgehead atoms. The van der Waals surface area contributed by atoms with Gasteiger partial charge in [-0.25, -0.2) is 19.9 Å². The van der Waals surface area contributed by atoms with E-state index in [-0.39, 0.29) is 67.9 Å². The molecule has 4 fully saturated rings. The van der Waals surface area contributed by atoms with Crippen LogP contribution in [0.5, 0.6) is 11.8 Å². The molecule has 4 atom stereocenters. The van der Waals surface area contributed by atoms with Gasteiger partial charge in [-0.15, -0.1) is 0 Å². The van der Waals surface area contributed by atoms with Crippen molar-refractivity contribution in [2.45, 2.75) is 135 Å². The average molecular weight is 1260 g/mol. The van der Waals surface area contributed by atoms with Crippen LogP contribution in [-0.4, -0.2) is 125 Å². The molecule has 4 saturated heterocycles. The highest BCUT2D eigenvalue weighted by atomic mass is 35.5. The molecule has 29 heteroatoms. The molecule has 12 rings (SSSR count). The maximum absolute atomic E-state index is 13.1. The highest BCUT2D eigenvalue weighted by Gasteiger charge is 2.48. The van der Waals surface area contributed by atoms with Crippen molar-refractivity contribution >= 4 is 99.0 Å². The molecule has 6 aromatic rings. The molecule has 0 radical (unpaired) electrons. The van der Waals surface area contributed by atoms with Crippen LogP contribution in [0.3, 0.4) is 0 Å². The monoisotopic (exact) mass is 1260 g/mol. The number of aromatic hydroxyl groups is 2. The Balaban J connectivity index is 0.000000162. The average Bonchev–Trinajstić information content (AvgIpc) is 3.88. The van der Waals surface area contributed by atoms with Crippen LogP contribution in [0.25, 0.3) is 0 Å². The third-order valence-electron chi connectivity index (χ3n) is 16.7. The lowest BCUT2D eigenvalue weighted by Crippen LogP contribution is -2.50. The molecule has 6 aliphatic rings. The van der Waals surface area contributed by atoms with Gasteiger partial charge in [-0.3, -0.25) is 28.3 Å². The molecule has 13 N–H and O–H groups in total. The first-order valence-corrected chi connectivity index (χ1v) is 30.8. The highest BCUT2D eigenvalue weighted by Crippen LogP contribution is 2.44. The Labute approximate surface area is 512 Å². The van der Waals surface area contributed by atoms with Crippen molar-refractivity contribution in [1.82, 2.24) is 44.4 Å².